The van der Waals surface area contributed by atoms with Crippen molar-refractivity contribution in [1.82, 2.24) is 15.1 Å². The molecule has 7 heteroatoms. The van der Waals surface area contributed by atoms with E-state index in [4.69, 9.17) is 4.74 Å². The van der Waals surface area contributed by atoms with Gasteiger partial charge >= 0.3 is 5.97 Å². The number of ether oxygens (including phenoxy) is 1. The molecule has 2 rings (SSSR count). The van der Waals surface area contributed by atoms with Crippen molar-refractivity contribution in [1.29, 1.82) is 0 Å². The van der Waals surface area contributed by atoms with Crippen LogP contribution in [-0.2, 0) is 19.1 Å². The number of carbonyl (C=O) groups is 3. The summed E-state index contributed by atoms with van der Waals surface area (Å²) in [6, 6.07) is 0. The van der Waals surface area contributed by atoms with Gasteiger partial charge in [-0.3, -0.25) is 19.3 Å². The Labute approximate surface area is 143 Å². The smallest absolute Gasteiger partial charge is 0.308 e. The second kappa shape index (κ2) is 9.01. The van der Waals surface area contributed by atoms with E-state index in [0.717, 1.165) is 52.0 Å². The molecule has 0 spiro atoms. The van der Waals surface area contributed by atoms with E-state index in [1.54, 1.807) is 6.92 Å². The zero-order valence-corrected chi connectivity index (χ0v) is 14.8. The lowest BCUT2D eigenvalue weighted by molar-refractivity contribution is -0.147. The number of nitrogens with zero attached hydrogens (tertiary/aromatic N) is 2. The number of nitrogens with one attached hydrogen (secondary N) is 1. The first-order valence-electron chi connectivity index (χ1n) is 8.84. The number of hydrogen-bond acceptors (Lipinski definition) is 5. The Morgan fingerprint density at radius 2 is 1.75 bits per heavy atom. The molecular formula is C17H29N3O4. The molecule has 1 heterocycles. The molecule has 136 valence electrons. The molecule has 1 aliphatic heterocycles. The van der Waals surface area contributed by atoms with E-state index in [0.29, 0.717) is 13.0 Å². The molecule has 2 fully saturated rings. The van der Waals surface area contributed by atoms with Gasteiger partial charge in [-0.05, 0) is 19.3 Å². The van der Waals surface area contributed by atoms with Gasteiger partial charge in [0, 0.05) is 52.1 Å². The van der Waals surface area contributed by atoms with Crippen LogP contribution in [0.1, 0.15) is 32.6 Å². The Kier molecular flexibility index (Phi) is 7.02. The third-order valence-electron chi connectivity index (χ3n) is 5.12. The van der Waals surface area contributed by atoms with Crippen LogP contribution in [0.2, 0.25) is 0 Å². The molecule has 1 N–H and O–H groups in total. The Morgan fingerprint density at radius 1 is 1.08 bits per heavy atom. The predicted octanol–water partition coefficient (Wildman–Crippen LogP) is 0.246. The maximum absolute atomic E-state index is 12.3. The van der Waals surface area contributed by atoms with Crippen LogP contribution in [0.25, 0.3) is 0 Å². The molecule has 0 radical (unpaired) electrons. The van der Waals surface area contributed by atoms with Gasteiger partial charge in [0.2, 0.25) is 11.8 Å². The van der Waals surface area contributed by atoms with Crippen molar-refractivity contribution in [2.24, 2.45) is 11.8 Å². The number of piperazine rings is 1. The summed E-state index contributed by atoms with van der Waals surface area (Å²) in [5.41, 5.74) is 0. The molecule has 1 aliphatic carbocycles. The Morgan fingerprint density at radius 3 is 2.38 bits per heavy atom. The molecule has 1 saturated carbocycles. The lowest BCUT2D eigenvalue weighted by atomic mass is 9.81. The molecule has 7 nitrogen and oxygen atoms in total. The van der Waals surface area contributed by atoms with Crippen LogP contribution in [-0.4, -0.2) is 74.0 Å². The van der Waals surface area contributed by atoms with E-state index in [1.165, 1.54) is 7.11 Å². The van der Waals surface area contributed by atoms with Crippen LogP contribution in [0, 0.1) is 11.8 Å². The SMILES string of the molecule is COC(=O)[C@@H]1CCC[C@@H](C(=O)NCCN2CCN(C(C)=O)CC2)C1. The highest BCUT2D eigenvalue weighted by molar-refractivity contribution is 5.80. The van der Waals surface area contributed by atoms with E-state index >= 15 is 0 Å². The van der Waals surface area contributed by atoms with Crippen LogP contribution in [0.5, 0.6) is 0 Å². The average Bonchev–Trinajstić information content (AvgIpc) is 2.61. The minimum absolute atomic E-state index is 0.0472. The maximum Gasteiger partial charge on any atom is 0.308 e. The summed E-state index contributed by atoms with van der Waals surface area (Å²) < 4.78 is 4.80. The van der Waals surface area contributed by atoms with Gasteiger partial charge in [-0.2, -0.15) is 0 Å². The summed E-state index contributed by atoms with van der Waals surface area (Å²) in [5.74, 6) is -0.251. The monoisotopic (exact) mass is 339 g/mol. The van der Waals surface area contributed by atoms with Gasteiger partial charge in [0.1, 0.15) is 0 Å². The van der Waals surface area contributed by atoms with Crippen molar-refractivity contribution in [3.8, 4) is 0 Å². The minimum atomic E-state index is -0.198. The molecular weight excluding hydrogens is 310 g/mol. The first-order valence-corrected chi connectivity index (χ1v) is 8.84. The molecule has 0 aromatic carbocycles. The van der Waals surface area contributed by atoms with Gasteiger partial charge in [-0.25, -0.2) is 0 Å². The highest BCUT2D eigenvalue weighted by Gasteiger charge is 2.31. The maximum atomic E-state index is 12.3. The van der Waals surface area contributed by atoms with E-state index < -0.39 is 0 Å². The van der Waals surface area contributed by atoms with Gasteiger partial charge < -0.3 is 15.0 Å². The van der Waals surface area contributed by atoms with Crippen LogP contribution in [0.4, 0.5) is 0 Å². The second-order valence-electron chi connectivity index (χ2n) is 6.72. The van der Waals surface area contributed by atoms with E-state index in [-0.39, 0.29) is 29.6 Å². The summed E-state index contributed by atoms with van der Waals surface area (Å²) in [6.45, 7) is 6.22. The number of rotatable bonds is 5. The van der Waals surface area contributed by atoms with Gasteiger partial charge in [0.15, 0.2) is 0 Å². The second-order valence-corrected chi connectivity index (χ2v) is 6.72. The average molecular weight is 339 g/mol. The standard InChI is InChI=1S/C17H29N3O4/c1-13(21)20-10-8-19(9-11-20)7-6-18-16(22)14-4-3-5-15(12-14)17(23)24-2/h14-15H,3-12H2,1-2H3,(H,18,22)/t14-,15-/m1/s1. The topological polar surface area (TPSA) is 79.0 Å². The number of esters is 1. The van der Waals surface area contributed by atoms with Gasteiger partial charge in [-0.1, -0.05) is 6.42 Å². The molecule has 2 amide bonds. The molecule has 1 saturated heterocycles. The third-order valence-corrected chi connectivity index (χ3v) is 5.12. The third kappa shape index (κ3) is 5.19. The van der Waals surface area contributed by atoms with Crippen molar-refractivity contribution in [2.45, 2.75) is 32.6 Å². The molecule has 0 aromatic rings. The van der Waals surface area contributed by atoms with Crippen LogP contribution in [0.15, 0.2) is 0 Å². The van der Waals surface area contributed by atoms with Crippen molar-refractivity contribution in [3.05, 3.63) is 0 Å². The Balaban J connectivity index is 1.66. The quantitative estimate of drug-likeness (QED) is 0.726. The van der Waals surface area contributed by atoms with Crippen molar-refractivity contribution >= 4 is 17.8 Å². The fourth-order valence-corrected chi connectivity index (χ4v) is 3.58. The van der Waals surface area contributed by atoms with Gasteiger partial charge in [0.25, 0.3) is 0 Å². The van der Waals surface area contributed by atoms with E-state index in [2.05, 4.69) is 10.2 Å². The Bertz CT molecular complexity index is 461. The largest absolute Gasteiger partial charge is 0.469 e. The fraction of sp³-hybridized carbons (Fsp3) is 0.824. The van der Waals surface area contributed by atoms with Gasteiger partial charge in [0.05, 0.1) is 13.0 Å². The van der Waals surface area contributed by atoms with Crippen molar-refractivity contribution in [3.63, 3.8) is 0 Å². The predicted molar refractivity (Wildman–Crippen MR) is 89.2 cm³/mol. The first kappa shape index (κ1) is 18.7. The molecule has 0 bridgehead atoms. The number of methoxy groups -OCH3 is 1. The summed E-state index contributed by atoms with van der Waals surface area (Å²) in [5, 5.41) is 3.00. The zero-order valence-electron chi connectivity index (χ0n) is 14.8. The summed E-state index contributed by atoms with van der Waals surface area (Å²) >= 11 is 0. The lowest BCUT2D eigenvalue weighted by Gasteiger charge is -2.34. The molecule has 0 aromatic heterocycles. The fourth-order valence-electron chi connectivity index (χ4n) is 3.58. The van der Waals surface area contributed by atoms with Crippen molar-refractivity contribution < 1.29 is 19.1 Å². The highest BCUT2D eigenvalue weighted by Crippen LogP contribution is 2.29. The zero-order chi connectivity index (χ0) is 17.5. The number of amides is 2. The number of hydrogen-bond donors (Lipinski definition) is 1. The van der Waals surface area contributed by atoms with Gasteiger partial charge in [-0.15, -0.1) is 0 Å². The molecule has 2 aliphatic rings. The Hall–Kier alpha value is -1.63. The first-order chi connectivity index (χ1) is 11.5. The summed E-state index contributed by atoms with van der Waals surface area (Å²) in [7, 11) is 1.40. The summed E-state index contributed by atoms with van der Waals surface area (Å²) in [4.78, 5) is 39.4. The summed E-state index contributed by atoms with van der Waals surface area (Å²) in [6.07, 6.45) is 3.15. The minimum Gasteiger partial charge on any atom is -0.469 e. The normalized spacial score (nSPS) is 25.2. The van der Waals surface area contributed by atoms with Crippen LogP contribution < -0.4 is 5.32 Å². The molecule has 24 heavy (non-hydrogen) atoms. The van der Waals surface area contributed by atoms with E-state index in [9.17, 15) is 14.4 Å². The lowest BCUT2D eigenvalue weighted by Crippen LogP contribution is -2.50. The van der Waals surface area contributed by atoms with Crippen LogP contribution >= 0.6 is 0 Å². The number of carbonyl (C=O) groups excluding carboxylic acids is 3. The van der Waals surface area contributed by atoms with E-state index in [1.807, 2.05) is 4.90 Å². The molecule has 2 atom stereocenters. The molecule has 0 unspecified atom stereocenters. The highest BCUT2D eigenvalue weighted by atomic mass is 16.5. The van der Waals surface area contributed by atoms with Crippen molar-refractivity contribution in [2.75, 3.05) is 46.4 Å². The van der Waals surface area contributed by atoms with Crippen LogP contribution in [0.3, 0.4) is 0 Å².